The van der Waals surface area contributed by atoms with E-state index in [2.05, 4.69) is 33.2 Å². The molecule has 0 radical (unpaired) electrons. The van der Waals surface area contributed by atoms with Crippen LogP contribution in [0.25, 0.3) is 0 Å². The van der Waals surface area contributed by atoms with E-state index in [1.165, 1.54) is 5.56 Å². The zero-order chi connectivity index (χ0) is 14.5. The van der Waals surface area contributed by atoms with Crippen molar-refractivity contribution >= 4 is 18.2 Å². The highest BCUT2D eigenvalue weighted by atomic mass is 35.5. The zero-order valence-electron chi connectivity index (χ0n) is 12.9. The molecule has 0 amide bonds. The summed E-state index contributed by atoms with van der Waals surface area (Å²) in [5.74, 6) is 2.07. The first-order valence-corrected chi connectivity index (χ1v) is 7.43. The summed E-state index contributed by atoms with van der Waals surface area (Å²) in [5.41, 5.74) is 1.24. The first kappa shape index (κ1) is 16.8. The van der Waals surface area contributed by atoms with Crippen LogP contribution in [0.5, 0.6) is 0 Å². The Hall–Kier alpha value is -1.56. The lowest BCUT2D eigenvalue weighted by molar-refractivity contribution is 0.311. The molecule has 0 saturated carbocycles. The van der Waals surface area contributed by atoms with Gasteiger partial charge >= 0.3 is 0 Å². The molecule has 0 bridgehead atoms. The monoisotopic (exact) mass is 322 g/mol. The Balaban J connectivity index is 0.00000176. The molecule has 2 aromatic rings. The second-order valence-electron chi connectivity index (χ2n) is 5.46. The van der Waals surface area contributed by atoms with Crippen LogP contribution in [-0.2, 0) is 13.1 Å². The van der Waals surface area contributed by atoms with Crippen LogP contribution in [0.4, 0.5) is 5.82 Å². The molecule has 2 aromatic heterocycles. The van der Waals surface area contributed by atoms with E-state index in [-0.39, 0.29) is 12.4 Å². The second-order valence-corrected chi connectivity index (χ2v) is 5.46. The van der Waals surface area contributed by atoms with E-state index < -0.39 is 0 Å². The van der Waals surface area contributed by atoms with Gasteiger partial charge in [0.1, 0.15) is 11.6 Å². The second kappa shape index (κ2) is 8.17. The van der Waals surface area contributed by atoms with Crippen LogP contribution in [0, 0.1) is 0 Å². The van der Waals surface area contributed by atoms with Crippen LogP contribution in [-0.4, -0.2) is 43.1 Å². The molecule has 1 N–H and O–H groups in total. The Morgan fingerprint density at radius 1 is 1.14 bits per heavy atom. The molecule has 120 valence electrons. The summed E-state index contributed by atoms with van der Waals surface area (Å²) in [4.78, 5) is 9.32. The first-order chi connectivity index (χ1) is 10.3. The topological polar surface area (TPSA) is 44.5 Å². The number of halogens is 1. The van der Waals surface area contributed by atoms with E-state index in [9.17, 15) is 0 Å². The number of rotatable bonds is 5. The normalized spacial score (nSPS) is 15.6. The molecule has 3 rings (SSSR count). The number of anilines is 1. The van der Waals surface area contributed by atoms with Crippen molar-refractivity contribution in [2.75, 3.05) is 38.1 Å². The Morgan fingerprint density at radius 2 is 1.95 bits per heavy atom. The third-order valence-electron chi connectivity index (χ3n) is 3.87. The number of hydrogen-bond donors (Lipinski definition) is 1. The summed E-state index contributed by atoms with van der Waals surface area (Å²) < 4.78 is 5.34. The maximum absolute atomic E-state index is 5.34. The minimum absolute atomic E-state index is 0. The average molecular weight is 323 g/mol. The van der Waals surface area contributed by atoms with Crippen molar-refractivity contribution < 1.29 is 4.42 Å². The Bertz CT molecular complexity index is 553. The largest absolute Gasteiger partial charge is 0.468 e. The molecular formula is C16H23ClN4O. The van der Waals surface area contributed by atoms with Crippen LogP contribution in [0.1, 0.15) is 11.3 Å². The first-order valence-electron chi connectivity index (χ1n) is 7.43. The van der Waals surface area contributed by atoms with Crippen molar-refractivity contribution in [3.63, 3.8) is 0 Å². The van der Waals surface area contributed by atoms with Gasteiger partial charge in [-0.25, -0.2) is 4.98 Å². The highest BCUT2D eigenvalue weighted by molar-refractivity contribution is 5.85. The predicted octanol–water partition coefficient (Wildman–Crippen LogP) is 2.14. The van der Waals surface area contributed by atoms with Gasteiger partial charge in [-0.15, -0.1) is 12.4 Å². The number of furan rings is 1. The van der Waals surface area contributed by atoms with E-state index in [1.807, 2.05) is 24.4 Å². The van der Waals surface area contributed by atoms with Crippen molar-refractivity contribution in [3.8, 4) is 0 Å². The van der Waals surface area contributed by atoms with E-state index in [4.69, 9.17) is 4.42 Å². The molecule has 1 aliphatic heterocycles. The number of nitrogens with one attached hydrogen (secondary N) is 1. The van der Waals surface area contributed by atoms with Gasteiger partial charge in [-0.05, 0) is 25.2 Å². The third-order valence-corrected chi connectivity index (χ3v) is 3.87. The third kappa shape index (κ3) is 4.22. The summed E-state index contributed by atoms with van der Waals surface area (Å²) in [6.45, 7) is 5.81. The van der Waals surface area contributed by atoms with Gasteiger partial charge in [-0.2, -0.15) is 0 Å². The maximum atomic E-state index is 5.34. The van der Waals surface area contributed by atoms with Gasteiger partial charge in [0.15, 0.2) is 0 Å². The highest BCUT2D eigenvalue weighted by Gasteiger charge is 2.17. The van der Waals surface area contributed by atoms with Crippen molar-refractivity contribution in [2.45, 2.75) is 13.1 Å². The molecule has 1 aliphatic rings. The smallest absolute Gasteiger partial charge is 0.133 e. The van der Waals surface area contributed by atoms with Crippen molar-refractivity contribution in [2.24, 2.45) is 0 Å². The lowest BCUT2D eigenvalue weighted by atomic mass is 10.2. The molecule has 0 atom stereocenters. The number of piperazine rings is 1. The Labute approximate surface area is 137 Å². The Morgan fingerprint density at radius 3 is 2.68 bits per heavy atom. The van der Waals surface area contributed by atoms with Gasteiger partial charge in [0.05, 0.1) is 12.8 Å². The molecule has 1 saturated heterocycles. The summed E-state index contributed by atoms with van der Waals surface area (Å²) in [6, 6.07) is 8.05. The molecule has 0 unspecified atom stereocenters. The van der Waals surface area contributed by atoms with Gasteiger partial charge in [-0.3, -0.25) is 0 Å². The van der Waals surface area contributed by atoms with Crippen molar-refractivity contribution in [1.82, 2.24) is 15.2 Å². The van der Waals surface area contributed by atoms with E-state index >= 15 is 0 Å². The van der Waals surface area contributed by atoms with Crippen LogP contribution in [0.2, 0.25) is 0 Å². The molecular weight excluding hydrogens is 300 g/mol. The summed E-state index contributed by atoms with van der Waals surface area (Å²) >= 11 is 0. The molecule has 22 heavy (non-hydrogen) atoms. The van der Waals surface area contributed by atoms with Gasteiger partial charge in [0, 0.05) is 44.5 Å². The summed E-state index contributed by atoms with van der Waals surface area (Å²) in [6.07, 6.45) is 3.58. The van der Waals surface area contributed by atoms with Crippen molar-refractivity contribution in [1.29, 1.82) is 0 Å². The number of aromatic nitrogens is 1. The van der Waals surface area contributed by atoms with Crippen molar-refractivity contribution in [3.05, 3.63) is 48.0 Å². The number of hydrogen-bond acceptors (Lipinski definition) is 5. The molecule has 3 heterocycles. The minimum Gasteiger partial charge on any atom is -0.468 e. The van der Waals surface area contributed by atoms with Crippen LogP contribution >= 0.6 is 12.4 Å². The van der Waals surface area contributed by atoms with E-state index in [0.717, 1.165) is 50.8 Å². The van der Waals surface area contributed by atoms with Gasteiger partial charge < -0.3 is 19.5 Å². The fraction of sp³-hybridized carbons (Fsp3) is 0.438. The van der Waals surface area contributed by atoms with Crippen LogP contribution < -0.4 is 10.2 Å². The molecule has 0 aromatic carbocycles. The molecule has 6 heteroatoms. The number of likely N-dealkylation sites (N-methyl/N-ethyl adjacent to an activating group) is 1. The highest BCUT2D eigenvalue weighted by Crippen LogP contribution is 2.18. The van der Waals surface area contributed by atoms with Gasteiger partial charge in [0.25, 0.3) is 0 Å². The zero-order valence-corrected chi connectivity index (χ0v) is 13.7. The molecule has 0 aliphatic carbocycles. The van der Waals surface area contributed by atoms with Crippen LogP contribution in [0.3, 0.4) is 0 Å². The Kier molecular flexibility index (Phi) is 6.24. The minimum atomic E-state index is 0. The standard InChI is InChI=1S/C16H22N4O.ClH/c1-19-7-9-20(10-8-19)16-14(4-2-6-18-16)12-17-13-15-5-3-11-21-15;/h2-6,11,17H,7-10,12-13H2,1H3;1H. The molecule has 0 spiro atoms. The summed E-state index contributed by atoms with van der Waals surface area (Å²) in [7, 11) is 2.17. The fourth-order valence-electron chi connectivity index (χ4n) is 2.60. The van der Waals surface area contributed by atoms with Crippen LogP contribution in [0.15, 0.2) is 41.1 Å². The molecule has 1 fully saturated rings. The summed E-state index contributed by atoms with van der Waals surface area (Å²) in [5, 5.41) is 3.42. The maximum Gasteiger partial charge on any atom is 0.133 e. The SMILES string of the molecule is CN1CCN(c2ncccc2CNCc2ccco2)CC1.Cl. The number of nitrogens with zero attached hydrogens (tertiary/aromatic N) is 3. The fourth-order valence-corrected chi connectivity index (χ4v) is 2.60. The van der Waals surface area contributed by atoms with Gasteiger partial charge in [-0.1, -0.05) is 6.07 Å². The molecule has 5 nitrogen and oxygen atoms in total. The lowest BCUT2D eigenvalue weighted by Crippen LogP contribution is -2.45. The average Bonchev–Trinajstić information content (AvgIpc) is 3.02. The lowest BCUT2D eigenvalue weighted by Gasteiger charge is -2.34. The number of pyridine rings is 1. The van der Waals surface area contributed by atoms with E-state index in [1.54, 1.807) is 6.26 Å². The quantitative estimate of drug-likeness (QED) is 0.913. The predicted molar refractivity (Wildman–Crippen MR) is 90.4 cm³/mol. The van der Waals surface area contributed by atoms with Gasteiger partial charge in [0.2, 0.25) is 0 Å². The van der Waals surface area contributed by atoms with E-state index in [0.29, 0.717) is 0 Å².